The van der Waals surface area contributed by atoms with E-state index in [1.807, 2.05) is 0 Å². The summed E-state index contributed by atoms with van der Waals surface area (Å²) in [4.78, 5) is 0. The molecule has 82 valence electrons. The first kappa shape index (κ1) is 11.4. The van der Waals surface area contributed by atoms with Crippen LogP contribution in [0.3, 0.4) is 0 Å². The van der Waals surface area contributed by atoms with Crippen LogP contribution in [0, 0.1) is 5.41 Å². The largest absolute Gasteiger partial charge is 0.387 e. The topological polar surface area (TPSA) is 113 Å². The van der Waals surface area contributed by atoms with Gasteiger partial charge in [-0.3, -0.25) is 5.41 Å². The zero-order valence-electron chi connectivity index (χ0n) is 7.94. The second-order valence-electron chi connectivity index (χ2n) is 3.55. The van der Waals surface area contributed by atoms with E-state index in [0.29, 0.717) is 0 Å². The fourth-order valence-electron chi connectivity index (χ4n) is 1.79. The summed E-state index contributed by atoms with van der Waals surface area (Å²) in [5.41, 5.74) is 5.18. The summed E-state index contributed by atoms with van der Waals surface area (Å²) in [5.74, 6) is -0.175. The van der Waals surface area contributed by atoms with Crippen molar-refractivity contribution in [1.82, 2.24) is 4.31 Å². The van der Waals surface area contributed by atoms with Crippen LogP contribution in [-0.2, 0) is 10.2 Å². The Morgan fingerprint density at radius 1 is 1.43 bits per heavy atom. The molecule has 6 nitrogen and oxygen atoms in total. The van der Waals surface area contributed by atoms with Crippen molar-refractivity contribution < 1.29 is 8.42 Å². The van der Waals surface area contributed by atoms with E-state index in [1.54, 1.807) is 0 Å². The molecule has 0 amide bonds. The van der Waals surface area contributed by atoms with Gasteiger partial charge in [0.1, 0.15) is 5.84 Å². The van der Waals surface area contributed by atoms with Crippen molar-refractivity contribution in [3.63, 3.8) is 0 Å². The van der Waals surface area contributed by atoms with Gasteiger partial charge in [-0.1, -0.05) is 12.8 Å². The predicted molar refractivity (Wildman–Crippen MR) is 54.0 cm³/mol. The van der Waals surface area contributed by atoms with Crippen molar-refractivity contribution in [2.75, 3.05) is 6.54 Å². The molecule has 0 aromatic heterocycles. The van der Waals surface area contributed by atoms with Crippen LogP contribution in [0.1, 0.15) is 25.7 Å². The monoisotopic (exact) mass is 220 g/mol. The minimum atomic E-state index is -3.73. The molecule has 0 bridgehead atoms. The first-order chi connectivity index (χ1) is 6.41. The summed E-state index contributed by atoms with van der Waals surface area (Å²) in [6.45, 7) is -0.0938. The highest BCUT2D eigenvalue weighted by Gasteiger charge is 2.29. The third-order valence-corrected chi connectivity index (χ3v) is 3.47. The van der Waals surface area contributed by atoms with E-state index < -0.39 is 10.2 Å². The highest BCUT2D eigenvalue weighted by Crippen LogP contribution is 2.24. The molecule has 1 saturated carbocycles. The number of nitrogens with one attached hydrogen (secondary N) is 1. The third kappa shape index (κ3) is 2.93. The molecular weight excluding hydrogens is 204 g/mol. The third-order valence-electron chi connectivity index (χ3n) is 2.39. The summed E-state index contributed by atoms with van der Waals surface area (Å²) >= 11 is 0. The Balaban J connectivity index is 2.75. The maximum Gasteiger partial charge on any atom is 0.277 e. The lowest BCUT2D eigenvalue weighted by Gasteiger charge is -2.24. The molecule has 7 heteroatoms. The van der Waals surface area contributed by atoms with Crippen LogP contribution >= 0.6 is 0 Å². The Morgan fingerprint density at radius 2 is 1.93 bits per heavy atom. The minimum Gasteiger partial charge on any atom is -0.387 e. The lowest BCUT2D eigenvalue weighted by molar-refractivity contribution is 0.354. The first-order valence-corrected chi connectivity index (χ1v) is 6.04. The predicted octanol–water partition coefficient (Wildman–Crippen LogP) is -0.630. The van der Waals surface area contributed by atoms with Crippen molar-refractivity contribution in [1.29, 1.82) is 5.41 Å². The molecule has 1 fully saturated rings. The number of hydrogen-bond acceptors (Lipinski definition) is 3. The van der Waals surface area contributed by atoms with E-state index in [0.717, 1.165) is 30.0 Å². The van der Waals surface area contributed by atoms with E-state index >= 15 is 0 Å². The molecule has 0 aliphatic heterocycles. The van der Waals surface area contributed by atoms with Crippen LogP contribution in [-0.4, -0.2) is 31.1 Å². The Kier molecular flexibility index (Phi) is 3.46. The molecule has 0 aromatic rings. The van der Waals surface area contributed by atoms with Crippen molar-refractivity contribution in [3.8, 4) is 0 Å². The average molecular weight is 220 g/mol. The van der Waals surface area contributed by atoms with Gasteiger partial charge in [-0.15, -0.1) is 0 Å². The van der Waals surface area contributed by atoms with Gasteiger partial charge in [0.15, 0.2) is 0 Å². The normalized spacial score (nSPS) is 19.0. The standard InChI is InChI=1S/C7H16N4O2S/c8-7(9)5-11(14(10,12)13)6-3-1-2-4-6/h6H,1-5H2,(H3,8,9)(H2,10,12,13). The Hall–Kier alpha value is -0.660. The Morgan fingerprint density at radius 3 is 2.29 bits per heavy atom. The fraction of sp³-hybridized carbons (Fsp3) is 0.857. The van der Waals surface area contributed by atoms with Crippen LogP contribution in [0.4, 0.5) is 0 Å². The van der Waals surface area contributed by atoms with E-state index in [1.165, 1.54) is 0 Å². The molecule has 0 aromatic carbocycles. The van der Waals surface area contributed by atoms with Gasteiger partial charge < -0.3 is 5.73 Å². The van der Waals surface area contributed by atoms with Crippen molar-refractivity contribution in [2.24, 2.45) is 10.9 Å². The maximum atomic E-state index is 11.2. The molecule has 1 rings (SSSR count). The van der Waals surface area contributed by atoms with E-state index in [9.17, 15) is 8.42 Å². The van der Waals surface area contributed by atoms with Gasteiger partial charge in [0.05, 0.1) is 6.54 Å². The summed E-state index contributed by atoms with van der Waals surface area (Å²) in [5, 5.41) is 12.1. The summed E-state index contributed by atoms with van der Waals surface area (Å²) < 4.78 is 23.5. The Labute approximate surface area is 83.9 Å². The second kappa shape index (κ2) is 4.24. The SMILES string of the molecule is N=C(N)CN(C1CCCC1)S(N)(=O)=O. The number of rotatable bonds is 4. The van der Waals surface area contributed by atoms with Crippen molar-refractivity contribution >= 4 is 16.0 Å². The zero-order chi connectivity index (χ0) is 10.8. The van der Waals surface area contributed by atoms with Crippen LogP contribution < -0.4 is 10.9 Å². The van der Waals surface area contributed by atoms with Crippen molar-refractivity contribution in [2.45, 2.75) is 31.7 Å². The quantitative estimate of drug-likeness (QED) is 0.433. The summed E-state index contributed by atoms with van der Waals surface area (Å²) in [7, 11) is -3.73. The summed E-state index contributed by atoms with van der Waals surface area (Å²) in [6, 6.07) is -0.0751. The number of amidine groups is 1. The van der Waals surface area contributed by atoms with Gasteiger partial charge in [-0.05, 0) is 12.8 Å². The number of nitrogens with two attached hydrogens (primary N) is 2. The fourth-order valence-corrected chi connectivity index (χ4v) is 2.73. The van der Waals surface area contributed by atoms with Gasteiger partial charge in [0.2, 0.25) is 0 Å². The van der Waals surface area contributed by atoms with Crippen LogP contribution in [0.15, 0.2) is 0 Å². The van der Waals surface area contributed by atoms with Crippen LogP contribution in [0.25, 0.3) is 0 Å². The maximum absolute atomic E-state index is 11.2. The second-order valence-corrected chi connectivity index (χ2v) is 5.05. The number of nitrogens with zero attached hydrogens (tertiary/aromatic N) is 1. The first-order valence-electron chi connectivity index (χ1n) is 4.53. The molecule has 0 radical (unpaired) electrons. The molecule has 5 N–H and O–H groups in total. The lowest BCUT2D eigenvalue weighted by atomic mass is 10.2. The molecular formula is C7H16N4O2S. The van der Waals surface area contributed by atoms with E-state index in [-0.39, 0.29) is 18.4 Å². The lowest BCUT2D eigenvalue weighted by Crippen LogP contribution is -2.47. The van der Waals surface area contributed by atoms with E-state index in [4.69, 9.17) is 16.3 Å². The highest BCUT2D eigenvalue weighted by molar-refractivity contribution is 7.86. The van der Waals surface area contributed by atoms with Crippen LogP contribution in [0.2, 0.25) is 0 Å². The van der Waals surface area contributed by atoms with Crippen molar-refractivity contribution in [3.05, 3.63) is 0 Å². The van der Waals surface area contributed by atoms with Gasteiger partial charge >= 0.3 is 0 Å². The molecule has 1 aliphatic rings. The smallest absolute Gasteiger partial charge is 0.277 e. The van der Waals surface area contributed by atoms with Gasteiger partial charge in [-0.25, -0.2) is 5.14 Å². The molecule has 14 heavy (non-hydrogen) atoms. The minimum absolute atomic E-state index is 0.0751. The number of hydrogen-bond donors (Lipinski definition) is 3. The molecule has 0 spiro atoms. The summed E-state index contributed by atoms with van der Waals surface area (Å²) in [6.07, 6.45) is 3.64. The van der Waals surface area contributed by atoms with Crippen LogP contribution in [0.5, 0.6) is 0 Å². The molecule has 1 aliphatic carbocycles. The molecule has 0 atom stereocenters. The average Bonchev–Trinajstić information content (AvgIpc) is 2.49. The Bertz CT molecular complexity index is 308. The van der Waals surface area contributed by atoms with E-state index in [2.05, 4.69) is 0 Å². The van der Waals surface area contributed by atoms with Gasteiger partial charge in [0, 0.05) is 6.04 Å². The van der Waals surface area contributed by atoms with Gasteiger partial charge in [-0.2, -0.15) is 12.7 Å². The molecule has 0 unspecified atom stereocenters. The highest BCUT2D eigenvalue weighted by atomic mass is 32.2. The van der Waals surface area contributed by atoms with Gasteiger partial charge in [0.25, 0.3) is 10.2 Å². The molecule has 0 heterocycles. The zero-order valence-corrected chi connectivity index (χ0v) is 8.76. The molecule has 0 saturated heterocycles.